The van der Waals surface area contributed by atoms with Crippen molar-refractivity contribution in [2.45, 2.75) is 38.6 Å². The zero-order valence-electron chi connectivity index (χ0n) is 8.74. The molecule has 1 heteroatoms. The second-order valence-electron chi connectivity index (χ2n) is 4.02. The minimum Gasteiger partial charge on any atom is -0.286 e. The van der Waals surface area contributed by atoms with Crippen LogP contribution >= 0.6 is 0 Å². The van der Waals surface area contributed by atoms with Crippen molar-refractivity contribution in [1.82, 2.24) is 0 Å². The van der Waals surface area contributed by atoms with E-state index in [-0.39, 0.29) is 0 Å². The van der Waals surface area contributed by atoms with E-state index >= 15 is 0 Å². The van der Waals surface area contributed by atoms with Crippen LogP contribution in [0, 0.1) is 0 Å². The normalized spacial score (nSPS) is 18.8. The van der Waals surface area contributed by atoms with E-state index in [9.17, 15) is 0 Å². The fourth-order valence-corrected chi connectivity index (χ4v) is 2.06. The number of aliphatic imine (C=N–C) groups is 1. The molecule has 1 aliphatic carbocycles. The molecule has 1 nitrogen and oxygen atoms in total. The van der Waals surface area contributed by atoms with Crippen molar-refractivity contribution < 1.29 is 0 Å². The van der Waals surface area contributed by atoms with Gasteiger partial charge in [-0.1, -0.05) is 43.2 Å². The molecule has 0 radical (unpaired) electrons. The maximum atomic E-state index is 4.76. The Kier molecular flexibility index (Phi) is 2.97. The Bertz CT molecular complexity index is 307. The highest BCUT2D eigenvalue weighted by atomic mass is 14.8. The van der Waals surface area contributed by atoms with Crippen molar-refractivity contribution in [2.24, 2.45) is 4.99 Å². The quantitative estimate of drug-likeness (QED) is 0.629. The molecule has 1 aromatic carbocycles. The van der Waals surface area contributed by atoms with Crippen molar-refractivity contribution in [3.63, 3.8) is 0 Å². The molecule has 0 heterocycles. The summed E-state index contributed by atoms with van der Waals surface area (Å²) in [5.74, 6) is 0. The topological polar surface area (TPSA) is 12.4 Å². The van der Waals surface area contributed by atoms with Gasteiger partial charge >= 0.3 is 0 Å². The summed E-state index contributed by atoms with van der Waals surface area (Å²) >= 11 is 0. The molecular formula is C13H17N. The molecule has 0 aromatic heterocycles. The Morgan fingerprint density at radius 3 is 2.43 bits per heavy atom. The van der Waals surface area contributed by atoms with Crippen LogP contribution in [-0.4, -0.2) is 11.8 Å². The molecule has 0 bridgehead atoms. The van der Waals surface area contributed by atoms with Gasteiger partial charge in [0.2, 0.25) is 0 Å². The van der Waals surface area contributed by atoms with E-state index in [1.807, 2.05) is 6.07 Å². The molecular weight excluding hydrogens is 170 g/mol. The van der Waals surface area contributed by atoms with Crippen molar-refractivity contribution in [2.75, 3.05) is 0 Å². The summed E-state index contributed by atoms with van der Waals surface area (Å²) in [4.78, 5) is 4.76. The van der Waals surface area contributed by atoms with Crippen LogP contribution in [0.2, 0.25) is 0 Å². The van der Waals surface area contributed by atoms with Gasteiger partial charge in [-0.2, -0.15) is 0 Å². The molecule has 1 aromatic rings. The lowest BCUT2D eigenvalue weighted by atomic mass is 10.1. The third kappa shape index (κ3) is 2.22. The molecule has 1 saturated carbocycles. The van der Waals surface area contributed by atoms with Gasteiger partial charge in [-0.3, -0.25) is 4.99 Å². The minimum absolute atomic E-state index is 0.593. The molecule has 14 heavy (non-hydrogen) atoms. The van der Waals surface area contributed by atoms with Crippen molar-refractivity contribution in [3.05, 3.63) is 35.9 Å². The zero-order chi connectivity index (χ0) is 9.80. The molecule has 0 unspecified atom stereocenters. The van der Waals surface area contributed by atoms with Gasteiger partial charge in [0.25, 0.3) is 0 Å². The van der Waals surface area contributed by atoms with E-state index in [1.54, 1.807) is 0 Å². The lowest BCUT2D eigenvalue weighted by Gasteiger charge is -2.05. The van der Waals surface area contributed by atoms with Crippen molar-refractivity contribution in [1.29, 1.82) is 0 Å². The van der Waals surface area contributed by atoms with Gasteiger partial charge in [0.15, 0.2) is 0 Å². The first kappa shape index (κ1) is 9.45. The van der Waals surface area contributed by atoms with Gasteiger partial charge < -0.3 is 0 Å². The van der Waals surface area contributed by atoms with E-state index in [4.69, 9.17) is 4.99 Å². The maximum absolute atomic E-state index is 4.76. The van der Waals surface area contributed by atoms with Gasteiger partial charge in [-0.25, -0.2) is 0 Å². The minimum atomic E-state index is 0.593. The van der Waals surface area contributed by atoms with Crippen LogP contribution in [0.15, 0.2) is 35.3 Å². The third-order valence-corrected chi connectivity index (χ3v) is 2.89. The molecule has 2 rings (SSSR count). The van der Waals surface area contributed by atoms with Gasteiger partial charge in [-0.15, -0.1) is 0 Å². The largest absolute Gasteiger partial charge is 0.286 e. The molecule has 0 saturated heterocycles. The number of benzene rings is 1. The Morgan fingerprint density at radius 1 is 1.14 bits per heavy atom. The van der Waals surface area contributed by atoms with Crippen LogP contribution < -0.4 is 0 Å². The van der Waals surface area contributed by atoms with Crippen molar-refractivity contribution in [3.8, 4) is 0 Å². The molecule has 0 atom stereocenters. The molecule has 0 amide bonds. The van der Waals surface area contributed by atoms with Crippen LogP contribution in [0.25, 0.3) is 0 Å². The average molecular weight is 187 g/mol. The van der Waals surface area contributed by atoms with Gasteiger partial charge in [0, 0.05) is 5.71 Å². The fraction of sp³-hybridized carbons (Fsp3) is 0.462. The predicted octanol–water partition coefficient (Wildman–Crippen LogP) is 3.44. The number of hydrogen-bond donors (Lipinski definition) is 0. The summed E-state index contributed by atoms with van der Waals surface area (Å²) in [6, 6.07) is 11.1. The Balaban J connectivity index is 2.10. The maximum Gasteiger partial charge on any atom is 0.0503 e. The van der Waals surface area contributed by atoms with E-state index in [1.165, 1.54) is 37.0 Å². The average Bonchev–Trinajstić information content (AvgIpc) is 2.72. The predicted molar refractivity (Wildman–Crippen MR) is 60.9 cm³/mol. The third-order valence-electron chi connectivity index (χ3n) is 2.89. The van der Waals surface area contributed by atoms with E-state index in [2.05, 4.69) is 31.2 Å². The molecule has 74 valence electrons. The van der Waals surface area contributed by atoms with Crippen LogP contribution in [-0.2, 0) is 0 Å². The SMILES string of the molecule is CC(=NC1CCCC1)c1ccccc1. The first-order valence-corrected chi connectivity index (χ1v) is 5.46. The molecule has 0 spiro atoms. The second kappa shape index (κ2) is 4.41. The fourth-order valence-electron chi connectivity index (χ4n) is 2.06. The standard InChI is InChI=1S/C13H17N/c1-11(12-7-3-2-4-8-12)14-13-9-5-6-10-13/h2-4,7-8,13H,5-6,9-10H2,1H3. The highest BCUT2D eigenvalue weighted by molar-refractivity contribution is 5.98. The Morgan fingerprint density at radius 2 is 1.79 bits per heavy atom. The number of rotatable bonds is 2. The van der Waals surface area contributed by atoms with Gasteiger partial charge in [0.05, 0.1) is 6.04 Å². The van der Waals surface area contributed by atoms with Crippen LogP contribution in [0.3, 0.4) is 0 Å². The lowest BCUT2D eigenvalue weighted by Crippen LogP contribution is -2.03. The van der Waals surface area contributed by atoms with E-state index in [0.29, 0.717) is 6.04 Å². The molecule has 0 N–H and O–H groups in total. The molecule has 1 fully saturated rings. The summed E-state index contributed by atoms with van der Waals surface area (Å²) in [7, 11) is 0. The van der Waals surface area contributed by atoms with Crippen LogP contribution in [0.5, 0.6) is 0 Å². The lowest BCUT2D eigenvalue weighted by molar-refractivity contribution is 0.707. The summed E-state index contributed by atoms with van der Waals surface area (Å²) in [5, 5.41) is 0. The highest BCUT2D eigenvalue weighted by Crippen LogP contribution is 2.21. The van der Waals surface area contributed by atoms with E-state index in [0.717, 1.165) is 0 Å². The highest BCUT2D eigenvalue weighted by Gasteiger charge is 2.13. The van der Waals surface area contributed by atoms with Crippen molar-refractivity contribution >= 4 is 5.71 Å². The summed E-state index contributed by atoms with van der Waals surface area (Å²) < 4.78 is 0. The van der Waals surface area contributed by atoms with Gasteiger partial charge in [-0.05, 0) is 25.3 Å². The summed E-state index contributed by atoms with van der Waals surface area (Å²) in [6.07, 6.45) is 5.28. The first-order valence-electron chi connectivity index (χ1n) is 5.46. The first-order chi connectivity index (χ1) is 6.86. The molecule has 0 aliphatic heterocycles. The second-order valence-corrected chi connectivity index (χ2v) is 4.02. The monoisotopic (exact) mass is 187 g/mol. The zero-order valence-corrected chi connectivity index (χ0v) is 8.74. The smallest absolute Gasteiger partial charge is 0.0503 e. The summed E-state index contributed by atoms with van der Waals surface area (Å²) in [6.45, 7) is 2.12. The van der Waals surface area contributed by atoms with Crippen LogP contribution in [0.1, 0.15) is 38.2 Å². The van der Waals surface area contributed by atoms with E-state index < -0.39 is 0 Å². The van der Waals surface area contributed by atoms with Crippen LogP contribution in [0.4, 0.5) is 0 Å². The summed E-state index contributed by atoms with van der Waals surface area (Å²) in [5.41, 5.74) is 2.46. The Labute approximate surface area is 85.9 Å². The number of nitrogens with zero attached hydrogens (tertiary/aromatic N) is 1. The number of hydrogen-bond acceptors (Lipinski definition) is 1. The Hall–Kier alpha value is -1.11. The molecule has 1 aliphatic rings. The van der Waals surface area contributed by atoms with Gasteiger partial charge in [0.1, 0.15) is 0 Å².